The molecule has 0 bridgehead atoms. The number of ether oxygens (including phenoxy) is 3. The van der Waals surface area contributed by atoms with E-state index in [-0.39, 0.29) is 36.0 Å². The summed E-state index contributed by atoms with van der Waals surface area (Å²) < 4.78 is 15.2. The smallest absolute Gasteiger partial charge is 0.338 e. The van der Waals surface area contributed by atoms with Gasteiger partial charge >= 0.3 is 18.0 Å². The second-order valence-electron chi connectivity index (χ2n) is 6.04. The summed E-state index contributed by atoms with van der Waals surface area (Å²) in [5, 5.41) is 14.7. The Kier molecular flexibility index (Phi) is 7.64. The van der Waals surface area contributed by atoms with Crippen LogP contribution in [0.1, 0.15) is 25.8 Å². The maximum Gasteiger partial charge on any atom is 0.338 e. The predicted molar refractivity (Wildman–Crippen MR) is 104 cm³/mol. The highest BCUT2D eigenvalue weighted by atomic mass is 16.5. The lowest BCUT2D eigenvalue weighted by molar-refractivity contribution is -0.140. The Morgan fingerprint density at radius 1 is 1.24 bits per heavy atom. The van der Waals surface area contributed by atoms with Gasteiger partial charge in [-0.2, -0.15) is 0 Å². The van der Waals surface area contributed by atoms with Crippen molar-refractivity contribution in [2.45, 2.75) is 26.3 Å². The van der Waals surface area contributed by atoms with Crippen molar-refractivity contribution < 1.29 is 33.7 Å². The third kappa shape index (κ3) is 5.74. The van der Waals surface area contributed by atoms with Crippen LogP contribution in [0.2, 0.25) is 0 Å². The van der Waals surface area contributed by atoms with Gasteiger partial charge in [0, 0.05) is 6.08 Å². The molecule has 0 aromatic heterocycles. The number of benzene rings is 1. The molecule has 1 aliphatic rings. The number of carbonyl (C=O) groups is 3. The number of hydrogen-bond acceptors (Lipinski definition) is 7. The second-order valence-corrected chi connectivity index (χ2v) is 6.04. The summed E-state index contributed by atoms with van der Waals surface area (Å²) in [5.41, 5.74) is 1.03. The zero-order chi connectivity index (χ0) is 21.4. The van der Waals surface area contributed by atoms with Gasteiger partial charge < -0.3 is 30.0 Å². The number of phenols is 1. The third-order valence-corrected chi connectivity index (χ3v) is 4.12. The quantitative estimate of drug-likeness (QED) is 0.446. The molecule has 1 heterocycles. The molecule has 29 heavy (non-hydrogen) atoms. The molecule has 9 heteroatoms. The Bertz CT molecular complexity index is 845. The lowest BCUT2D eigenvalue weighted by Gasteiger charge is -2.28. The van der Waals surface area contributed by atoms with Crippen LogP contribution in [0.15, 0.2) is 35.5 Å². The molecule has 156 valence electrons. The van der Waals surface area contributed by atoms with Gasteiger partial charge in [-0.3, -0.25) is 0 Å². The van der Waals surface area contributed by atoms with Crippen molar-refractivity contribution in [3.8, 4) is 11.5 Å². The molecule has 0 fully saturated rings. The summed E-state index contributed by atoms with van der Waals surface area (Å²) in [7, 11) is 1.42. The fraction of sp³-hybridized carbons (Fsp3) is 0.350. The van der Waals surface area contributed by atoms with Crippen LogP contribution in [-0.4, -0.2) is 49.4 Å². The number of aromatic hydroxyl groups is 1. The number of methoxy groups -OCH3 is 1. The van der Waals surface area contributed by atoms with E-state index in [1.54, 1.807) is 19.1 Å². The first-order valence-corrected chi connectivity index (χ1v) is 9.09. The first kappa shape index (κ1) is 21.8. The lowest BCUT2D eigenvalue weighted by atomic mass is 10.0. The molecular formula is C20H24N2O7. The standard InChI is InChI=1S/C20H24N2O7/c1-4-13-18(19(25)28-5-2)14(22-20(26)21-13)11-29-17(24)9-7-12-6-8-15(23)16(10-12)27-3/h6-10,13,23H,4-5,11H2,1-3H3,(H2,21,22,26)/b9-7+/t13-/m1/s1. The van der Waals surface area contributed by atoms with E-state index in [0.29, 0.717) is 12.0 Å². The van der Waals surface area contributed by atoms with Crippen molar-refractivity contribution in [3.63, 3.8) is 0 Å². The molecule has 9 nitrogen and oxygen atoms in total. The molecular weight excluding hydrogens is 380 g/mol. The Morgan fingerprint density at radius 2 is 2.00 bits per heavy atom. The fourth-order valence-electron chi connectivity index (χ4n) is 2.73. The molecule has 0 saturated heterocycles. The van der Waals surface area contributed by atoms with Crippen molar-refractivity contribution in [1.29, 1.82) is 0 Å². The summed E-state index contributed by atoms with van der Waals surface area (Å²) in [4.78, 5) is 36.1. The molecule has 2 rings (SSSR count). The first-order valence-electron chi connectivity index (χ1n) is 9.09. The average molecular weight is 404 g/mol. The van der Waals surface area contributed by atoms with Gasteiger partial charge in [-0.05, 0) is 37.1 Å². The largest absolute Gasteiger partial charge is 0.504 e. The lowest BCUT2D eigenvalue weighted by Crippen LogP contribution is -2.51. The van der Waals surface area contributed by atoms with Crippen molar-refractivity contribution in [1.82, 2.24) is 10.6 Å². The van der Waals surface area contributed by atoms with E-state index in [0.717, 1.165) is 0 Å². The van der Waals surface area contributed by atoms with Gasteiger partial charge in [-0.15, -0.1) is 0 Å². The van der Waals surface area contributed by atoms with E-state index < -0.39 is 24.0 Å². The van der Waals surface area contributed by atoms with Crippen LogP contribution in [0.5, 0.6) is 11.5 Å². The van der Waals surface area contributed by atoms with Crippen LogP contribution < -0.4 is 15.4 Å². The number of rotatable bonds is 8. The van der Waals surface area contributed by atoms with E-state index >= 15 is 0 Å². The van der Waals surface area contributed by atoms with Crippen LogP contribution in [0.3, 0.4) is 0 Å². The number of urea groups is 1. The third-order valence-electron chi connectivity index (χ3n) is 4.12. The zero-order valence-electron chi connectivity index (χ0n) is 16.5. The normalized spacial score (nSPS) is 16.2. The molecule has 1 aliphatic heterocycles. The zero-order valence-corrected chi connectivity index (χ0v) is 16.5. The molecule has 0 spiro atoms. The van der Waals surface area contributed by atoms with Crippen molar-refractivity contribution in [2.75, 3.05) is 20.3 Å². The maximum atomic E-state index is 12.3. The van der Waals surface area contributed by atoms with Crippen LogP contribution in [-0.2, 0) is 19.1 Å². The number of esters is 2. The van der Waals surface area contributed by atoms with Crippen molar-refractivity contribution >= 4 is 24.0 Å². The minimum absolute atomic E-state index is 0.0159. The topological polar surface area (TPSA) is 123 Å². The number of hydrogen-bond donors (Lipinski definition) is 3. The summed E-state index contributed by atoms with van der Waals surface area (Å²) >= 11 is 0. The van der Waals surface area contributed by atoms with Crippen LogP contribution in [0, 0.1) is 0 Å². The van der Waals surface area contributed by atoms with Crippen molar-refractivity contribution in [3.05, 3.63) is 41.1 Å². The molecule has 0 unspecified atom stereocenters. The minimum atomic E-state index is -0.673. The van der Waals surface area contributed by atoms with E-state index in [1.807, 2.05) is 6.92 Å². The van der Waals surface area contributed by atoms with Gasteiger partial charge in [0.2, 0.25) is 0 Å². The summed E-state index contributed by atoms with van der Waals surface area (Å²) in [6.07, 6.45) is 3.15. The van der Waals surface area contributed by atoms with Gasteiger partial charge in [0.1, 0.15) is 6.61 Å². The molecule has 0 saturated carbocycles. The summed E-state index contributed by atoms with van der Waals surface area (Å²) in [5.74, 6) is -0.997. The summed E-state index contributed by atoms with van der Waals surface area (Å²) in [6.45, 7) is 3.38. The summed E-state index contributed by atoms with van der Waals surface area (Å²) in [6, 6.07) is 3.58. The van der Waals surface area contributed by atoms with E-state index in [1.165, 1.54) is 25.3 Å². The Balaban J connectivity index is 2.11. The second kappa shape index (κ2) is 10.2. The maximum absolute atomic E-state index is 12.3. The molecule has 1 aromatic rings. The van der Waals surface area contributed by atoms with E-state index in [2.05, 4.69) is 10.6 Å². The fourth-order valence-corrected chi connectivity index (χ4v) is 2.73. The first-order chi connectivity index (χ1) is 13.9. The molecule has 2 amide bonds. The number of phenolic OH excluding ortho intramolecular Hbond substituents is 1. The van der Waals surface area contributed by atoms with Gasteiger partial charge in [0.15, 0.2) is 11.5 Å². The van der Waals surface area contributed by atoms with Crippen molar-refractivity contribution in [2.24, 2.45) is 0 Å². The van der Waals surface area contributed by atoms with Crippen LogP contribution >= 0.6 is 0 Å². The number of nitrogens with one attached hydrogen (secondary N) is 2. The average Bonchev–Trinajstić information content (AvgIpc) is 2.71. The number of amides is 2. The highest BCUT2D eigenvalue weighted by Crippen LogP contribution is 2.26. The SMILES string of the molecule is CCOC(=O)C1=C(COC(=O)/C=C/c2ccc(O)c(OC)c2)NC(=O)N[C@@H]1CC. The van der Waals surface area contributed by atoms with Gasteiger partial charge in [-0.1, -0.05) is 13.0 Å². The van der Waals surface area contributed by atoms with Gasteiger partial charge in [-0.25, -0.2) is 14.4 Å². The molecule has 1 atom stereocenters. The van der Waals surface area contributed by atoms with Gasteiger partial charge in [0.05, 0.1) is 31.0 Å². The molecule has 0 radical (unpaired) electrons. The Labute approximate surface area is 168 Å². The van der Waals surface area contributed by atoms with Crippen LogP contribution in [0.25, 0.3) is 6.08 Å². The Morgan fingerprint density at radius 3 is 2.66 bits per heavy atom. The highest BCUT2D eigenvalue weighted by Gasteiger charge is 2.31. The predicted octanol–water partition coefficient (Wildman–Crippen LogP) is 1.87. The van der Waals surface area contributed by atoms with Gasteiger partial charge in [0.25, 0.3) is 0 Å². The number of carbonyl (C=O) groups excluding carboxylic acids is 3. The molecule has 0 aliphatic carbocycles. The minimum Gasteiger partial charge on any atom is -0.504 e. The molecule has 1 aromatic carbocycles. The monoisotopic (exact) mass is 404 g/mol. The van der Waals surface area contributed by atoms with Crippen LogP contribution in [0.4, 0.5) is 4.79 Å². The van der Waals surface area contributed by atoms with E-state index in [4.69, 9.17) is 14.2 Å². The molecule has 3 N–H and O–H groups in total. The highest BCUT2D eigenvalue weighted by molar-refractivity contribution is 5.95. The Hall–Kier alpha value is -3.49. The van der Waals surface area contributed by atoms with E-state index in [9.17, 15) is 19.5 Å².